The van der Waals surface area contributed by atoms with E-state index < -0.39 is 23.1 Å². The minimum atomic E-state index is -0.844. The molecule has 0 unspecified atom stereocenters. The number of amides is 2. The Balaban J connectivity index is 2.06. The molecule has 1 aromatic carbocycles. The second-order valence-corrected chi connectivity index (χ2v) is 5.25. The first-order valence-corrected chi connectivity index (χ1v) is 6.88. The SMILES string of the molecule is CC(=O)N(C)C1CCN(C(=O)c2c(F)cccc2F)CC1. The summed E-state index contributed by atoms with van der Waals surface area (Å²) in [7, 11) is 1.72. The van der Waals surface area contributed by atoms with E-state index in [1.807, 2.05) is 0 Å². The zero-order valence-corrected chi connectivity index (χ0v) is 12.1. The number of nitrogens with zero attached hydrogens (tertiary/aromatic N) is 2. The smallest absolute Gasteiger partial charge is 0.259 e. The highest BCUT2D eigenvalue weighted by atomic mass is 19.1. The number of carbonyl (C=O) groups is 2. The first-order valence-electron chi connectivity index (χ1n) is 6.88. The first-order chi connectivity index (χ1) is 9.91. The van der Waals surface area contributed by atoms with E-state index in [-0.39, 0.29) is 11.9 Å². The van der Waals surface area contributed by atoms with Gasteiger partial charge in [0, 0.05) is 33.1 Å². The fourth-order valence-corrected chi connectivity index (χ4v) is 2.57. The van der Waals surface area contributed by atoms with Crippen LogP contribution in [0, 0.1) is 11.6 Å². The Morgan fingerprint density at radius 3 is 2.19 bits per heavy atom. The third-order valence-corrected chi connectivity index (χ3v) is 3.97. The molecule has 6 heteroatoms. The van der Waals surface area contributed by atoms with E-state index in [0.717, 1.165) is 12.1 Å². The number of carbonyl (C=O) groups excluding carboxylic acids is 2. The molecule has 0 bridgehead atoms. The van der Waals surface area contributed by atoms with Crippen LogP contribution in [-0.4, -0.2) is 47.8 Å². The highest BCUT2D eigenvalue weighted by Crippen LogP contribution is 2.20. The van der Waals surface area contributed by atoms with Crippen LogP contribution in [0.5, 0.6) is 0 Å². The Morgan fingerprint density at radius 2 is 1.71 bits per heavy atom. The van der Waals surface area contributed by atoms with E-state index >= 15 is 0 Å². The zero-order valence-electron chi connectivity index (χ0n) is 12.1. The number of halogens is 2. The average molecular weight is 296 g/mol. The largest absolute Gasteiger partial charge is 0.343 e. The van der Waals surface area contributed by atoms with Gasteiger partial charge in [-0.25, -0.2) is 8.78 Å². The molecule has 1 heterocycles. The maximum absolute atomic E-state index is 13.6. The summed E-state index contributed by atoms with van der Waals surface area (Å²) in [5, 5.41) is 0. The molecule has 0 N–H and O–H groups in total. The maximum atomic E-state index is 13.6. The van der Waals surface area contributed by atoms with Crippen molar-refractivity contribution in [1.82, 2.24) is 9.80 Å². The Hall–Kier alpha value is -1.98. The Morgan fingerprint density at radius 1 is 1.19 bits per heavy atom. The highest BCUT2D eigenvalue weighted by Gasteiger charge is 2.29. The van der Waals surface area contributed by atoms with Crippen molar-refractivity contribution in [2.75, 3.05) is 20.1 Å². The van der Waals surface area contributed by atoms with E-state index in [1.54, 1.807) is 11.9 Å². The second kappa shape index (κ2) is 6.20. The fraction of sp³-hybridized carbons (Fsp3) is 0.467. The van der Waals surface area contributed by atoms with Gasteiger partial charge in [0.05, 0.1) is 0 Å². The Bertz CT molecular complexity index is 534. The van der Waals surface area contributed by atoms with Gasteiger partial charge in [0.15, 0.2) is 0 Å². The lowest BCUT2D eigenvalue weighted by atomic mass is 10.0. The van der Waals surface area contributed by atoms with Gasteiger partial charge < -0.3 is 9.80 Å². The van der Waals surface area contributed by atoms with Gasteiger partial charge >= 0.3 is 0 Å². The molecule has 1 fully saturated rings. The van der Waals surface area contributed by atoms with Crippen molar-refractivity contribution in [1.29, 1.82) is 0 Å². The monoisotopic (exact) mass is 296 g/mol. The van der Waals surface area contributed by atoms with Crippen LogP contribution < -0.4 is 0 Å². The molecule has 1 aliphatic rings. The summed E-state index contributed by atoms with van der Waals surface area (Å²) in [5.41, 5.74) is -0.504. The van der Waals surface area contributed by atoms with Gasteiger partial charge in [-0.15, -0.1) is 0 Å². The standard InChI is InChI=1S/C15H18F2N2O2/c1-10(20)18(2)11-6-8-19(9-7-11)15(21)14-12(16)4-3-5-13(14)17/h3-5,11H,6-9H2,1-2H3. The van der Waals surface area contributed by atoms with E-state index in [4.69, 9.17) is 0 Å². The van der Waals surface area contributed by atoms with Gasteiger partial charge in [-0.3, -0.25) is 9.59 Å². The Labute approximate surface area is 122 Å². The van der Waals surface area contributed by atoms with Crippen LogP contribution in [0.2, 0.25) is 0 Å². The van der Waals surface area contributed by atoms with Gasteiger partial charge in [-0.2, -0.15) is 0 Å². The molecule has 2 rings (SSSR count). The topological polar surface area (TPSA) is 40.6 Å². The van der Waals surface area contributed by atoms with Crippen LogP contribution in [0.1, 0.15) is 30.1 Å². The molecule has 21 heavy (non-hydrogen) atoms. The molecule has 0 aromatic heterocycles. The van der Waals surface area contributed by atoms with Crippen molar-refractivity contribution in [2.45, 2.75) is 25.8 Å². The molecule has 1 aliphatic heterocycles. The zero-order chi connectivity index (χ0) is 15.6. The molecule has 0 radical (unpaired) electrons. The lowest BCUT2D eigenvalue weighted by Gasteiger charge is -2.36. The number of likely N-dealkylation sites (tertiary alicyclic amines) is 1. The summed E-state index contributed by atoms with van der Waals surface area (Å²) in [6.07, 6.45) is 1.22. The summed E-state index contributed by atoms with van der Waals surface area (Å²) in [6.45, 7) is 2.26. The van der Waals surface area contributed by atoms with Crippen LogP contribution in [0.3, 0.4) is 0 Å². The predicted molar refractivity (Wildman–Crippen MR) is 73.7 cm³/mol. The van der Waals surface area contributed by atoms with E-state index in [1.165, 1.54) is 17.9 Å². The lowest BCUT2D eigenvalue weighted by Crippen LogP contribution is -2.47. The van der Waals surface area contributed by atoms with Crippen LogP contribution in [0.4, 0.5) is 8.78 Å². The first kappa shape index (κ1) is 15.4. The molecule has 114 valence electrons. The molecular formula is C15H18F2N2O2. The average Bonchev–Trinajstić information content (AvgIpc) is 2.46. The van der Waals surface area contributed by atoms with Crippen LogP contribution >= 0.6 is 0 Å². The van der Waals surface area contributed by atoms with Crippen molar-refractivity contribution < 1.29 is 18.4 Å². The number of piperidine rings is 1. The van der Waals surface area contributed by atoms with Crippen molar-refractivity contribution in [3.63, 3.8) is 0 Å². The van der Waals surface area contributed by atoms with Gasteiger partial charge in [0.25, 0.3) is 5.91 Å². The summed E-state index contributed by atoms with van der Waals surface area (Å²) in [5.74, 6) is -2.35. The van der Waals surface area contributed by atoms with Crippen molar-refractivity contribution in [2.24, 2.45) is 0 Å². The molecule has 0 atom stereocenters. The molecular weight excluding hydrogens is 278 g/mol. The van der Waals surface area contributed by atoms with E-state index in [0.29, 0.717) is 25.9 Å². The summed E-state index contributed by atoms with van der Waals surface area (Å²) < 4.78 is 27.3. The van der Waals surface area contributed by atoms with Gasteiger partial charge in [-0.05, 0) is 25.0 Å². The van der Waals surface area contributed by atoms with Crippen molar-refractivity contribution in [3.05, 3.63) is 35.4 Å². The quantitative estimate of drug-likeness (QED) is 0.838. The summed E-state index contributed by atoms with van der Waals surface area (Å²) in [4.78, 5) is 26.6. The number of hydrogen-bond acceptors (Lipinski definition) is 2. The summed E-state index contributed by atoms with van der Waals surface area (Å²) >= 11 is 0. The minimum Gasteiger partial charge on any atom is -0.343 e. The molecule has 2 amide bonds. The molecule has 1 saturated heterocycles. The molecule has 0 spiro atoms. The third-order valence-electron chi connectivity index (χ3n) is 3.97. The number of rotatable bonds is 2. The van der Waals surface area contributed by atoms with Gasteiger partial charge in [0.2, 0.25) is 5.91 Å². The van der Waals surface area contributed by atoms with Gasteiger partial charge in [0.1, 0.15) is 17.2 Å². The van der Waals surface area contributed by atoms with E-state index in [9.17, 15) is 18.4 Å². The molecule has 1 aromatic rings. The lowest BCUT2D eigenvalue weighted by molar-refractivity contribution is -0.130. The third kappa shape index (κ3) is 3.20. The molecule has 0 aliphatic carbocycles. The van der Waals surface area contributed by atoms with Crippen molar-refractivity contribution >= 4 is 11.8 Å². The second-order valence-electron chi connectivity index (χ2n) is 5.25. The fourth-order valence-electron chi connectivity index (χ4n) is 2.57. The van der Waals surface area contributed by atoms with Crippen LogP contribution in [-0.2, 0) is 4.79 Å². The van der Waals surface area contributed by atoms with Crippen LogP contribution in [0.25, 0.3) is 0 Å². The number of benzene rings is 1. The van der Waals surface area contributed by atoms with Crippen molar-refractivity contribution in [3.8, 4) is 0 Å². The molecule has 4 nitrogen and oxygen atoms in total. The van der Waals surface area contributed by atoms with Gasteiger partial charge in [-0.1, -0.05) is 6.07 Å². The number of hydrogen-bond donors (Lipinski definition) is 0. The van der Waals surface area contributed by atoms with E-state index in [2.05, 4.69) is 0 Å². The summed E-state index contributed by atoms with van der Waals surface area (Å²) in [6, 6.07) is 3.45. The van der Waals surface area contributed by atoms with Crippen LogP contribution in [0.15, 0.2) is 18.2 Å². The highest BCUT2D eigenvalue weighted by molar-refractivity contribution is 5.94. The maximum Gasteiger partial charge on any atom is 0.259 e. The predicted octanol–water partition coefficient (Wildman–Crippen LogP) is 2.05. The Kier molecular flexibility index (Phi) is 4.55. The minimum absolute atomic E-state index is 0.0278. The normalized spacial score (nSPS) is 15.9. The molecule has 0 saturated carbocycles.